The number of carboxylic acid groups (broad SMARTS) is 1. The van der Waals surface area contributed by atoms with Gasteiger partial charge in [-0.25, -0.2) is 0 Å². The third-order valence-electron chi connectivity index (χ3n) is 2.91. The Balaban J connectivity index is 2.30. The molecule has 0 spiro atoms. The number of carboxylic acids is 1. The fourth-order valence-electron chi connectivity index (χ4n) is 1.77. The largest absolute Gasteiger partial charge is 0.480 e. The summed E-state index contributed by atoms with van der Waals surface area (Å²) in [6.07, 6.45) is 2.28. The molecular weight excluding hydrogens is 276 g/mol. The highest BCUT2D eigenvalue weighted by Crippen LogP contribution is 2.16. The maximum Gasteiger partial charge on any atom is 0.320 e. The van der Waals surface area contributed by atoms with Gasteiger partial charge < -0.3 is 10.4 Å². The molecule has 0 bridgehead atoms. The van der Waals surface area contributed by atoms with Gasteiger partial charge in [-0.2, -0.15) is 0 Å². The van der Waals surface area contributed by atoms with E-state index in [0.717, 1.165) is 17.7 Å². The second kappa shape index (κ2) is 8.71. The van der Waals surface area contributed by atoms with Crippen LogP contribution in [0.25, 0.3) is 0 Å². The first kappa shape index (κ1) is 16.7. The summed E-state index contributed by atoms with van der Waals surface area (Å²) in [5, 5.41) is 14.5. The number of hydrogen-bond donors (Lipinski definition) is 3. The second-order valence-electron chi connectivity index (χ2n) is 4.56. The van der Waals surface area contributed by atoms with Crippen LogP contribution in [0.5, 0.6) is 0 Å². The number of carbonyl (C=O) groups excluding carboxylic acids is 1. The number of nitrogens with one attached hydrogen (secondary N) is 2. The Morgan fingerprint density at radius 1 is 1.30 bits per heavy atom. The summed E-state index contributed by atoms with van der Waals surface area (Å²) in [6, 6.07) is 3.42. The SMILES string of the molecule is CCCC(NCC(=O)NCc1ccc(CC)s1)C(=O)O. The average Bonchev–Trinajstić information content (AvgIpc) is 2.88. The van der Waals surface area contributed by atoms with E-state index in [1.54, 1.807) is 11.3 Å². The van der Waals surface area contributed by atoms with Gasteiger partial charge in [0.1, 0.15) is 6.04 Å². The van der Waals surface area contributed by atoms with Gasteiger partial charge >= 0.3 is 5.97 Å². The lowest BCUT2D eigenvalue weighted by Gasteiger charge is -2.13. The van der Waals surface area contributed by atoms with E-state index >= 15 is 0 Å². The molecule has 20 heavy (non-hydrogen) atoms. The predicted octanol–water partition coefficient (Wildman–Crippen LogP) is 1.77. The molecule has 0 aliphatic rings. The summed E-state index contributed by atoms with van der Waals surface area (Å²) in [5.74, 6) is -1.09. The van der Waals surface area contributed by atoms with Crippen LogP contribution in [0.4, 0.5) is 0 Å². The molecule has 6 heteroatoms. The second-order valence-corrected chi connectivity index (χ2v) is 5.81. The summed E-state index contributed by atoms with van der Waals surface area (Å²) in [6.45, 7) is 4.54. The molecule has 0 fully saturated rings. The number of amides is 1. The van der Waals surface area contributed by atoms with Crippen LogP contribution in [0.1, 0.15) is 36.4 Å². The molecule has 1 rings (SSSR count). The molecule has 5 nitrogen and oxygen atoms in total. The molecule has 0 radical (unpaired) electrons. The number of thiophene rings is 1. The van der Waals surface area contributed by atoms with E-state index in [4.69, 9.17) is 5.11 Å². The molecule has 1 atom stereocenters. The topological polar surface area (TPSA) is 78.4 Å². The maximum absolute atomic E-state index is 11.7. The summed E-state index contributed by atoms with van der Waals surface area (Å²) >= 11 is 1.68. The van der Waals surface area contributed by atoms with Crippen LogP contribution < -0.4 is 10.6 Å². The van der Waals surface area contributed by atoms with Crippen LogP contribution in [-0.4, -0.2) is 29.6 Å². The minimum absolute atomic E-state index is 0.0307. The molecule has 0 saturated heterocycles. The van der Waals surface area contributed by atoms with Crippen molar-refractivity contribution in [2.24, 2.45) is 0 Å². The zero-order valence-corrected chi connectivity index (χ0v) is 12.8. The van der Waals surface area contributed by atoms with E-state index in [1.807, 2.05) is 13.0 Å². The van der Waals surface area contributed by atoms with E-state index in [0.29, 0.717) is 13.0 Å². The van der Waals surface area contributed by atoms with Crippen LogP contribution in [0, 0.1) is 0 Å². The molecule has 3 N–H and O–H groups in total. The Morgan fingerprint density at radius 2 is 2.00 bits per heavy atom. The molecule has 0 aromatic carbocycles. The van der Waals surface area contributed by atoms with E-state index < -0.39 is 12.0 Å². The van der Waals surface area contributed by atoms with Gasteiger partial charge in [0.05, 0.1) is 13.1 Å². The fraction of sp³-hybridized carbons (Fsp3) is 0.571. The van der Waals surface area contributed by atoms with Crippen molar-refractivity contribution in [2.75, 3.05) is 6.54 Å². The highest BCUT2D eigenvalue weighted by atomic mass is 32.1. The van der Waals surface area contributed by atoms with Gasteiger partial charge in [-0.05, 0) is 25.0 Å². The van der Waals surface area contributed by atoms with Gasteiger partial charge in [-0.1, -0.05) is 20.3 Å². The number of hydrogen-bond acceptors (Lipinski definition) is 4. The summed E-state index contributed by atoms with van der Waals surface area (Å²) in [7, 11) is 0. The zero-order valence-electron chi connectivity index (χ0n) is 11.9. The predicted molar refractivity (Wildman–Crippen MR) is 79.9 cm³/mol. The van der Waals surface area contributed by atoms with Crippen LogP contribution in [0.15, 0.2) is 12.1 Å². The Labute approximate surface area is 123 Å². The lowest BCUT2D eigenvalue weighted by Crippen LogP contribution is -2.42. The van der Waals surface area contributed by atoms with Gasteiger partial charge in [0, 0.05) is 9.75 Å². The minimum Gasteiger partial charge on any atom is -0.480 e. The zero-order chi connectivity index (χ0) is 15.0. The molecule has 112 valence electrons. The third kappa shape index (κ3) is 5.71. The first-order chi connectivity index (χ1) is 9.56. The Bertz CT molecular complexity index is 445. The monoisotopic (exact) mass is 298 g/mol. The molecule has 1 amide bonds. The summed E-state index contributed by atoms with van der Waals surface area (Å²) in [5.41, 5.74) is 0. The molecule has 1 heterocycles. The highest BCUT2D eigenvalue weighted by Gasteiger charge is 2.16. The third-order valence-corrected chi connectivity index (χ3v) is 4.14. The Morgan fingerprint density at radius 3 is 2.55 bits per heavy atom. The number of aryl methyl sites for hydroxylation is 1. The lowest BCUT2D eigenvalue weighted by molar-refractivity contribution is -0.139. The van der Waals surface area contributed by atoms with E-state index in [2.05, 4.69) is 23.6 Å². The number of carbonyl (C=O) groups is 2. The van der Waals surface area contributed by atoms with Crippen LogP contribution in [-0.2, 0) is 22.6 Å². The minimum atomic E-state index is -0.912. The van der Waals surface area contributed by atoms with Gasteiger partial charge in [0.2, 0.25) is 5.91 Å². The van der Waals surface area contributed by atoms with E-state index in [9.17, 15) is 9.59 Å². The summed E-state index contributed by atoms with van der Waals surface area (Å²) in [4.78, 5) is 25.0. The molecule has 1 aromatic heterocycles. The van der Waals surface area contributed by atoms with Crippen LogP contribution >= 0.6 is 11.3 Å². The highest BCUT2D eigenvalue weighted by molar-refractivity contribution is 7.11. The lowest BCUT2D eigenvalue weighted by atomic mass is 10.2. The molecule has 1 aromatic rings. The Hall–Kier alpha value is -1.40. The van der Waals surface area contributed by atoms with Crippen molar-refractivity contribution < 1.29 is 14.7 Å². The van der Waals surface area contributed by atoms with Crippen molar-refractivity contribution in [2.45, 2.75) is 45.7 Å². The molecule has 0 saturated carbocycles. The van der Waals surface area contributed by atoms with Gasteiger partial charge in [-0.15, -0.1) is 11.3 Å². The summed E-state index contributed by atoms with van der Waals surface area (Å²) < 4.78 is 0. The van der Waals surface area contributed by atoms with Gasteiger partial charge in [0.25, 0.3) is 0 Å². The molecular formula is C14H22N2O3S. The average molecular weight is 298 g/mol. The first-order valence-corrected chi connectivity index (χ1v) is 7.68. The van der Waals surface area contributed by atoms with Crippen molar-refractivity contribution in [1.82, 2.24) is 10.6 Å². The quantitative estimate of drug-likeness (QED) is 0.649. The molecule has 0 aliphatic carbocycles. The molecule has 1 unspecified atom stereocenters. The first-order valence-electron chi connectivity index (χ1n) is 6.87. The standard InChI is InChI=1S/C14H22N2O3S/c1-3-5-12(14(18)19)15-9-13(17)16-8-11-7-6-10(4-2)20-11/h6-7,12,15H,3-5,8-9H2,1-2H3,(H,16,17)(H,18,19). The van der Waals surface area contributed by atoms with Crippen molar-refractivity contribution in [3.63, 3.8) is 0 Å². The van der Waals surface area contributed by atoms with Gasteiger partial charge in [-0.3, -0.25) is 14.9 Å². The number of rotatable bonds is 9. The normalized spacial score (nSPS) is 12.1. The van der Waals surface area contributed by atoms with Crippen molar-refractivity contribution in [3.8, 4) is 0 Å². The van der Waals surface area contributed by atoms with Crippen molar-refractivity contribution in [1.29, 1.82) is 0 Å². The number of aliphatic carboxylic acids is 1. The van der Waals surface area contributed by atoms with Gasteiger partial charge in [0.15, 0.2) is 0 Å². The smallest absolute Gasteiger partial charge is 0.320 e. The van der Waals surface area contributed by atoms with Crippen molar-refractivity contribution in [3.05, 3.63) is 21.9 Å². The van der Waals surface area contributed by atoms with Crippen LogP contribution in [0.2, 0.25) is 0 Å². The maximum atomic E-state index is 11.7. The van der Waals surface area contributed by atoms with E-state index in [-0.39, 0.29) is 12.5 Å². The molecule has 0 aliphatic heterocycles. The van der Waals surface area contributed by atoms with Crippen molar-refractivity contribution >= 4 is 23.2 Å². The van der Waals surface area contributed by atoms with E-state index in [1.165, 1.54) is 4.88 Å². The fourth-order valence-corrected chi connectivity index (χ4v) is 2.67. The van der Waals surface area contributed by atoms with Crippen LogP contribution in [0.3, 0.4) is 0 Å². The Kier molecular flexibility index (Phi) is 7.25.